The fourth-order valence-corrected chi connectivity index (χ4v) is 2.56. The summed E-state index contributed by atoms with van der Waals surface area (Å²) in [5, 5.41) is 7.31. The van der Waals surface area contributed by atoms with Crippen molar-refractivity contribution in [2.24, 2.45) is 7.05 Å². The number of anilines is 2. The molecule has 3 N–H and O–H groups in total. The minimum atomic E-state index is -0.152. The maximum atomic E-state index is 11.9. The quantitative estimate of drug-likeness (QED) is 0.809. The normalized spacial score (nSPS) is 20.1. The van der Waals surface area contributed by atoms with Crippen LogP contribution in [-0.4, -0.2) is 34.8 Å². The maximum Gasteiger partial charge on any atom is 0.242 e. The molecule has 18 heavy (non-hydrogen) atoms. The molecule has 1 amide bonds. The number of nitrogens with two attached hydrogens (primary N) is 1. The van der Waals surface area contributed by atoms with Gasteiger partial charge in [-0.25, -0.2) is 0 Å². The molecule has 0 radical (unpaired) electrons. The van der Waals surface area contributed by atoms with E-state index in [0.29, 0.717) is 12.2 Å². The zero-order valence-corrected chi connectivity index (χ0v) is 11.2. The molecule has 1 unspecified atom stereocenters. The highest BCUT2D eigenvalue weighted by Gasteiger charge is 2.31. The monoisotopic (exact) mass is 251 g/mol. The molecule has 1 aromatic heterocycles. The van der Waals surface area contributed by atoms with Gasteiger partial charge in [0.15, 0.2) is 5.82 Å². The second-order valence-electron chi connectivity index (χ2n) is 4.57. The Morgan fingerprint density at radius 3 is 2.78 bits per heavy atom. The summed E-state index contributed by atoms with van der Waals surface area (Å²) in [5.41, 5.74) is 7.75. The van der Waals surface area contributed by atoms with E-state index in [2.05, 4.69) is 15.3 Å². The van der Waals surface area contributed by atoms with E-state index in [1.54, 1.807) is 4.68 Å². The summed E-state index contributed by atoms with van der Waals surface area (Å²) in [6.07, 6.45) is 1.56. The van der Waals surface area contributed by atoms with Crippen LogP contribution in [0.5, 0.6) is 0 Å². The molecule has 1 atom stereocenters. The summed E-state index contributed by atoms with van der Waals surface area (Å²) >= 11 is 0. The van der Waals surface area contributed by atoms with E-state index >= 15 is 0 Å². The fourth-order valence-electron chi connectivity index (χ4n) is 2.56. The van der Waals surface area contributed by atoms with Gasteiger partial charge in [0.05, 0.1) is 11.4 Å². The van der Waals surface area contributed by atoms with Gasteiger partial charge < -0.3 is 16.0 Å². The Labute approximate surface area is 107 Å². The lowest BCUT2D eigenvalue weighted by Gasteiger charge is -2.36. The second-order valence-corrected chi connectivity index (χ2v) is 4.57. The summed E-state index contributed by atoms with van der Waals surface area (Å²) in [7, 11) is 1.88. The Morgan fingerprint density at radius 1 is 1.50 bits per heavy atom. The molecule has 1 aliphatic rings. The number of nitrogen functional groups attached to an aromatic ring is 1. The van der Waals surface area contributed by atoms with E-state index in [1.807, 2.05) is 20.9 Å². The van der Waals surface area contributed by atoms with Gasteiger partial charge in [-0.05, 0) is 12.8 Å². The Morgan fingerprint density at radius 2 is 2.22 bits per heavy atom. The molecule has 100 valence electrons. The van der Waals surface area contributed by atoms with Gasteiger partial charge in [-0.3, -0.25) is 9.48 Å². The van der Waals surface area contributed by atoms with Gasteiger partial charge in [-0.1, -0.05) is 13.8 Å². The largest absolute Gasteiger partial charge is 0.394 e. The van der Waals surface area contributed by atoms with Crippen LogP contribution in [0.3, 0.4) is 0 Å². The third-order valence-electron chi connectivity index (χ3n) is 3.45. The molecule has 0 spiro atoms. The summed E-state index contributed by atoms with van der Waals surface area (Å²) in [4.78, 5) is 14.0. The minimum absolute atomic E-state index is 0.0717. The topological polar surface area (TPSA) is 76.2 Å². The summed E-state index contributed by atoms with van der Waals surface area (Å²) in [5.74, 6) is 0.941. The third-order valence-corrected chi connectivity index (χ3v) is 3.45. The molecule has 0 bridgehead atoms. The highest BCUT2D eigenvalue weighted by Crippen LogP contribution is 2.29. The van der Waals surface area contributed by atoms with Gasteiger partial charge in [0.25, 0.3) is 0 Å². The summed E-state index contributed by atoms with van der Waals surface area (Å²) in [6.45, 7) is 5.47. The second kappa shape index (κ2) is 4.88. The van der Waals surface area contributed by atoms with Crippen molar-refractivity contribution < 1.29 is 4.79 Å². The Balaban J connectivity index is 2.40. The first-order valence-corrected chi connectivity index (χ1v) is 6.45. The lowest BCUT2D eigenvalue weighted by atomic mass is 10.1. The van der Waals surface area contributed by atoms with Gasteiger partial charge in [-0.2, -0.15) is 5.10 Å². The molecule has 0 aromatic carbocycles. The van der Waals surface area contributed by atoms with Crippen molar-refractivity contribution in [2.45, 2.75) is 32.7 Å². The number of nitrogens with one attached hydrogen (secondary N) is 1. The predicted molar refractivity (Wildman–Crippen MR) is 71.4 cm³/mol. The van der Waals surface area contributed by atoms with Crippen LogP contribution in [0, 0.1) is 0 Å². The van der Waals surface area contributed by atoms with Crippen LogP contribution in [0.4, 0.5) is 11.5 Å². The van der Waals surface area contributed by atoms with Gasteiger partial charge in [0.1, 0.15) is 6.04 Å². The van der Waals surface area contributed by atoms with Crippen molar-refractivity contribution in [1.29, 1.82) is 0 Å². The number of piperazine rings is 1. The molecule has 1 aliphatic heterocycles. The average Bonchev–Trinajstić information content (AvgIpc) is 2.64. The van der Waals surface area contributed by atoms with Gasteiger partial charge in [0, 0.05) is 20.1 Å². The Kier molecular flexibility index (Phi) is 3.45. The van der Waals surface area contributed by atoms with Crippen molar-refractivity contribution >= 4 is 17.4 Å². The zero-order chi connectivity index (χ0) is 13.3. The lowest BCUT2D eigenvalue weighted by Crippen LogP contribution is -2.55. The number of hydrogen-bond donors (Lipinski definition) is 2. The first-order valence-electron chi connectivity index (χ1n) is 6.45. The van der Waals surface area contributed by atoms with Gasteiger partial charge in [0.2, 0.25) is 5.91 Å². The van der Waals surface area contributed by atoms with Crippen molar-refractivity contribution in [2.75, 3.05) is 23.7 Å². The summed E-state index contributed by atoms with van der Waals surface area (Å²) < 4.78 is 1.79. The molecule has 1 fully saturated rings. The summed E-state index contributed by atoms with van der Waals surface area (Å²) in [6, 6.07) is -0.152. The van der Waals surface area contributed by atoms with Crippen molar-refractivity contribution in [3.63, 3.8) is 0 Å². The number of carbonyl (C=O) groups is 1. The fraction of sp³-hybridized carbons (Fsp3) is 0.667. The number of hydrogen-bond acceptors (Lipinski definition) is 4. The van der Waals surface area contributed by atoms with E-state index in [-0.39, 0.29) is 11.9 Å². The van der Waals surface area contributed by atoms with Crippen LogP contribution in [-0.2, 0) is 18.3 Å². The Hall–Kier alpha value is -1.72. The molecule has 0 saturated carbocycles. The van der Waals surface area contributed by atoms with Crippen LogP contribution in [0.25, 0.3) is 0 Å². The van der Waals surface area contributed by atoms with E-state index < -0.39 is 0 Å². The number of aryl methyl sites for hydroxylation is 2. The molecule has 2 heterocycles. The molecular weight excluding hydrogens is 230 g/mol. The molecule has 6 heteroatoms. The van der Waals surface area contributed by atoms with Crippen molar-refractivity contribution in [1.82, 2.24) is 15.1 Å². The average molecular weight is 251 g/mol. The molecule has 1 saturated heterocycles. The van der Waals surface area contributed by atoms with Gasteiger partial charge in [-0.15, -0.1) is 0 Å². The Bertz CT molecular complexity index is 454. The molecule has 1 aromatic rings. The van der Waals surface area contributed by atoms with Crippen LogP contribution >= 0.6 is 0 Å². The number of amides is 1. The van der Waals surface area contributed by atoms with Crippen molar-refractivity contribution in [3.8, 4) is 0 Å². The molecule has 0 aliphatic carbocycles. The van der Waals surface area contributed by atoms with Gasteiger partial charge >= 0.3 is 0 Å². The lowest BCUT2D eigenvalue weighted by molar-refractivity contribution is -0.123. The highest BCUT2D eigenvalue weighted by molar-refractivity contribution is 5.87. The maximum absolute atomic E-state index is 11.9. The van der Waals surface area contributed by atoms with Crippen LogP contribution in [0.1, 0.15) is 26.0 Å². The van der Waals surface area contributed by atoms with Crippen LogP contribution < -0.4 is 16.0 Å². The van der Waals surface area contributed by atoms with Crippen molar-refractivity contribution in [3.05, 3.63) is 5.69 Å². The smallest absolute Gasteiger partial charge is 0.242 e. The molecule has 6 nitrogen and oxygen atoms in total. The van der Waals surface area contributed by atoms with Crippen LogP contribution in [0.15, 0.2) is 0 Å². The standard InChI is InChI=1S/C12H21N5O/c1-4-8-10(13)12(16(3)15-8)17-7-6-14-11(18)9(17)5-2/h9H,4-7,13H2,1-3H3,(H,14,18). The first-order chi connectivity index (χ1) is 8.60. The third kappa shape index (κ3) is 1.91. The van der Waals surface area contributed by atoms with E-state index in [9.17, 15) is 4.79 Å². The van der Waals surface area contributed by atoms with E-state index in [1.165, 1.54) is 0 Å². The molecular formula is C12H21N5O. The SMILES string of the molecule is CCc1nn(C)c(N2CCNC(=O)C2CC)c1N. The highest BCUT2D eigenvalue weighted by atomic mass is 16.2. The zero-order valence-electron chi connectivity index (χ0n) is 11.2. The number of aromatic nitrogens is 2. The minimum Gasteiger partial charge on any atom is -0.394 e. The predicted octanol–water partition coefficient (Wildman–Crippen LogP) is 0.280. The van der Waals surface area contributed by atoms with Crippen LogP contribution in [0.2, 0.25) is 0 Å². The number of carbonyl (C=O) groups excluding carboxylic acids is 1. The number of nitrogens with zero attached hydrogens (tertiary/aromatic N) is 3. The van der Waals surface area contributed by atoms with E-state index in [4.69, 9.17) is 5.73 Å². The first kappa shape index (κ1) is 12.7. The van der Waals surface area contributed by atoms with E-state index in [0.717, 1.165) is 30.9 Å². The molecule has 2 rings (SSSR count). The number of rotatable bonds is 3.